The molecule has 8 nitrogen and oxygen atoms in total. The summed E-state index contributed by atoms with van der Waals surface area (Å²) in [5.74, 6) is -0.361. The zero-order valence-electron chi connectivity index (χ0n) is 16.5. The van der Waals surface area contributed by atoms with Crippen LogP contribution in [0.4, 0.5) is 5.69 Å². The molecule has 3 aromatic carbocycles. The summed E-state index contributed by atoms with van der Waals surface area (Å²) < 4.78 is 28.9. The smallest absolute Gasteiger partial charge is 0.265 e. The highest BCUT2D eigenvalue weighted by molar-refractivity contribution is 7.93. The monoisotopic (exact) mass is 433 g/mol. The Hall–Kier alpha value is -3.72. The van der Waals surface area contributed by atoms with Gasteiger partial charge >= 0.3 is 0 Å². The molecule has 2 heterocycles. The first-order chi connectivity index (χ1) is 15.0. The maximum Gasteiger partial charge on any atom is 0.265 e. The SMILES string of the molecule is O=C(CN1c2cccc3cccc(c23)S1(=O)=O)NCc1ccc(Cn2cncn2)cc1. The first-order valence-corrected chi connectivity index (χ1v) is 11.2. The number of benzene rings is 3. The lowest BCUT2D eigenvalue weighted by Crippen LogP contribution is -2.38. The van der Waals surface area contributed by atoms with Crippen molar-refractivity contribution >= 4 is 32.4 Å². The van der Waals surface area contributed by atoms with Crippen molar-refractivity contribution in [2.75, 3.05) is 10.8 Å². The van der Waals surface area contributed by atoms with E-state index in [0.29, 0.717) is 24.2 Å². The first kappa shape index (κ1) is 19.3. The number of nitrogens with one attached hydrogen (secondary N) is 1. The van der Waals surface area contributed by atoms with Crippen molar-refractivity contribution in [3.63, 3.8) is 0 Å². The zero-order valence-corrected chi connectivity index (χ0v) is 17.3. The minimum atomic E-state index is -3.75. The standard InChI is InChI=1S/C22H19N5O3S/c28-21(24-11-16-7-9-17(10-8-16)12-26-15-23-14-25-26)13-27-19-5-1-3-18-4-2-6-20(22(18)19)31(27,29)30/h1-10,14-15H,11-13H2,(H,24,28). The van der Waals surface area contributed by atoms with Gasteiger partial charge in [0, 0.05) is 11.9 Å². The lowest BCUT2D eigenvalue weighted by atomic mass is 10.1. The summed E-state index contributed by atoms with van der Waals surface area (Å²) in [6.45, 7) is 0.666. The van der Waals surface area contributed by atoms with Gasteiger partial charge in [-0.15, -0.1) is 0 Å². The number of amides is 1. The van der Waals surface area contributed by atoms with Crippen LogP contribution < -0.4 is 9.62 Å². The van der Waals surface area contributed by atoms with E-state index < -0.39 is 10.0 Å². The lowest BCUT2D eigenvalue weighted by Gasteiger charge is -2.18. The molecule has 1 aliphatic rings. The number of hydrogen-bond acceptors (Lipinski definition) is 5. The largest absolute Gasteiger partial charge is 0.350 e. The number of anilines is 1. The van der Waals surface area contributed by atoms with Gasteiger partial charge in [-0.25, -0.2) is 18.1 Å². The van der Waals surface area contributed by atoms with Crippen LogP contribution in [-0.2, 0) is 27.9 Å². The van der Waals surface area contributed by atoms with Crippen LogP contribution in [0.25, 0.3) is 10.8 Å². The van der Waals surface area contributed by atoms with Crippen molar-refractivity contribution < 1.29 is 13.2 Å². The molecule has 9 heteroatoms. The fourth-order valence-electron chi connectivity index (χ4n) is 3.78. The quantitative estimate of drug-likeness (QED) is 0.503. The van der Waals surface area contributed by atoms with Gasteiger partial charge in [-0.05, 0) is 28.6 Å². The van der Waals surface area contributed by atoms with E-state index >= 15 is 0 Å². The number of hydrogen-bond donors (Lipinski definition) is 1. The van der Waals surface area contributed by atoms with Crippen LogP contribution in [-0.4, -0.2) is 35.6 Å². The highest BCUT2D eigenvalue weighted by Gasteiger charge is 2.36. The second-order valence-corrected chi connectivity index (χ2v) is 9.16. The van der Waals surface area contributed by atoms with Gasteiger partial charge in [0.05, 0.1) is 17.1 Å². The molecular weight excluding hydrogens is 414 g/mol. The van der Waals surface area contributed by atoms with Gasteiger partial charge in [-0.2, -0.15) is 5.10 Å². The molecule has 1 N–H and O–H groups in total. The number of sulfonamides is 1. The van der Waals surface area contributed by atoms with Crippen molar-refractivity contribution in [1.29, 1.82) is 0 Å². The molecule has 0 radical (unpaired) electrons. The zero-order chi connectivity index (χ0) is 21.4. The van der Waals surface area contributed by atoms with E-state index in [2.05, 4.69) is 15.4 Å². The van der Waals surface area contributed by atoms with Crippen LogP contribution in [0.3, 0.4) is 0 Å². The topological polar surface area (TPSA) is 97.2 Å². The van der Waals surface area contributed by atoms with E-state index in [9.17, 15) is 13.2 Å². The second-order valence-electron chi connectivity index (χ2n) is 7.33. The van der Waals surface area contributed by atoms with Crippen molar-refractivity contribution in [2.24, 2.45) is 0 Å². The third-order valence-corrected chi connectivity index (χ3v) is 7.09. The molecule has 0 aliphatic carbocycles. The Morgan fingerprint density at radius 1 is 0.968 bits per heavy atom. The van der Waals surface area contributed by atoms with E-state index in [1.54, 1.807) is 35.3 Å². The number of aromatic nitrogens is 3. The van der Waals surface area contributed by atoms with Crippen molar-refractivity contribution in [1.82, 2.24) is 20.1 Å². The molecule has 31 heavy (non-hydrogen) atoms. The Kier molecular flexibility index (Phi) is 4.67. The minimum absolute atomic E-state index is 0.247. The fraction of sp³-hybridized carbons (Fsp3) is 0.136. The number of rotatable bonds is 6. The van der Waals surface area contributed by atoms with Crippen LogP contribution in [0.2, 0.25) is 0 Å². The number of carbonyl (C=O) groups excluding carboxylic acids is 1. The molecule has 0 atom stereocenters. The van der Waals surface area contributed by atoms with Gasteiger partial charge in [0.25, 0.3) is 10.0 Å². The summed E-state index contributed by atoms with van der Waals surface area (Å²) >= 11 is 0. The van der Waals surface area contributed by atoms with E-state index in [4.69, 9.17) is 0 Å². The highest BCUT2D eigenvalue weighted by Crippen LogP contribution is 2.41. The summed E-state index contributed by atoms with van der Waals surface area (Å²) in [6.07, 6.45) is 3.14. The minimum Gasteiger partial charge on any atom is -0.350 e. The Bertz CT molecular complexity index is 1360. The van der Waals surface area contributed by atoms with Crippen LogP contribution in [0, 0.1) is 0 Å². The van der Waals surface area contributed by atoms with Crippen molar-refractivity contribution in [3.05, 3.63) is 84.4 Å². The Morgan fingerprint density at radius 3 is 2.45 bits per heavy atom. The molecule has 4 aromatic rings. The van der Waals surface area contributed by atoms with Gasteiger partial charge in [-0.1, -0.05) is 48.5 Å². The van der Waals surface area contributed by atoms with Gasteiger partial charge in [0.2, 0.25) is 5.91 Å². The van der Waals surface area contributed by atoms with E-state index in [1.165, 1.54) is 10.6 Å². The maximum absolute atomic E-state index is 13.0. The van der Waals surface area contributed by atoms with E-state index in [-0.39, 0.29) is 17.3 Å². The van der Waals surface area contributed by atoms with Crippen LogP contribution >= 0.6 is 0 Å². The Labute approximate surface area is 179 Å². The van der Waals surface area contributed by atoms with Gasteiger partial charge in [0.15, 0.2) is 0 Å². The average molecular weight is 433 g/mol. The van der Waals surface area contributed by atoms with E-state index in [0.717, 1.165) is 16.5 Å². The molecule has 0 spiro atoms. The summed E-state index contributed by atoms with van der Waals surface area (Å²) in [7, 11) is -3.75. The molecule has 0 saturated carbocycles. The fourth-order valence-corrected chi connectivity index (χ4v) is 5.45. The van der Waals surface area contributed by atoms with E-state index in [1.807, 2.05) is 36.4 Å². The number of carbonyl (C=O) groups is 1. The Balaban J connectivity index is 1.26. The second kappa shape index (κ2) is 7.51. The molecule has 5 rings (SSSR count). The third-order valence-electron chi connectivity index (χ3n) is 5.29. The van der Waals surface area contributed by atoms with Crippen LogP contribution in [0.15, 0.2) is 78.2 Å². The summed E-state index contributed by atoms with van der Waals surface area (Å²) in [5, 5.41) is 8.40. The first-order valence-electron chi connectivity index (χ1n) is 9.74. The normalized spacial score (nSPS) is 14.1. The van der Waals surface area contributed by atoms with Crippen LogP contribution in [0.5, 0.6) is 0 Å². The molecule has 156 valence electrons. The lowest BCUT2D eigenvalue weighted by molar-refractivity contribution is -0.119. The average Bonchev–Trinajstić information content (AvgIpc) is 3.36. The molecule has 1 aliphatic heterocycles. The molecule has 0 unspecified atom stereocenters. The van der Waals surface area contributed by atoms with Gasteiger partial charge < -0.3 is 5.32 Å². The van der Waals surface area contributed by atoms with Crippen LogP contribution in [0.1, 0.15) is 11.1 Å². The van der Waals surface area contributed by atoms with Crippen molar-refractivity contribution in [3.8, 4) is 0 Å². The third kappa shape index (κ3) is 3.53. The number of nitrogens with zero attached hydrogens (tertiary/aromatic N) is 4. The molecule has 1 aromatic heterocycles. The molecule has 0 bridgehead atoms. The summed E-state index contributed by atoms with van der Waals surface area (Å²) in [5.41, 5.74) is 2.53. The van der Waals surface area contributed by atoms with Gasteiger partial charge in [0.1, 0.15) is 19.2 Å². The molecule has 1 amide bonds. The summed E-state index contributed by atoms with van der Waals surface area (Å²) in [6, 6.07) is 18.4. The van der Waals surface area contributed by atoms with Crippen molar-refractivity contribution in [2.45, 2.75) is 18.0 Å². The molecular formula is C22H19N5O3S. The Morgan fingerprint density at radius 2 is 1.71 bits per heavy atom. The molecule has 0 fully saturated rings. The molecule has 0 saturated heterocycles. The maximum atomic E-state index is 13.0. The van der Waals surface area contributed by atoms with Gasteiger partial charge in [-0.3, -0.25) is 9.10 Å². The predicted molar refractivity (Wildman–Crippen MR) is 116 cm³/mol. The highest BCUT2D eigenvalue weighted by atomic mass is 32.2. The predicted octanol–water partition coefficient (Wildman–Crippen LogP) is 2.30. The summed E-state index contributed by atoms with van der Waals surface area (Å²) in [4.78, 5) is 16.7.